The minimum absolute atomic E-state index is 0.578. The molecule has 1 unspecified atom stereocenters. The predicted molar refractivity (Wildman–Crippen MR) is 61.9 cm³/mol. The molecule has 0 aromatic carbocycles. The third-order valence-corrected chi connectivity index (χ3v) is 4.06. The Morgan fingerprint density at radius 2 is 1.64 bits per heavy atom. The first kappa shape index (κ1) is 14.5. The van der Waals surface area contributed by atoms with Crippen LogP contribution in [0, 0.1) is 0 Å². The van der Waals surface area contributed by atoms with Crippen molar-refractivity contribution in [3.8, 4) is 0 Å². The molecule has 0 radical (unpaired) electrons. The molecule has 0 amide bonds. The molecule has 0 saturated carbocycles. The second-order valence-corrected chi connectivity index (χ2v) is 6.04. The molecule has 0 heterocycles. The minimum Gasteiger partial charge on any atom is -0.171 e. The first-order valence-electron chi connectivity index (χ1n) is 5.08. The van der Waals surface area contributed by atoms with E-state index < -0.39 is 16.0 Å². The van der Waals surface area contributed by atoms with Crippen LogP contribution in [0.3, 0.4) is 0 Å². The quantitative estimate of drug-likeness (QED) is 0.362. The summed E-state index contributed by atoms with van der Waals surface area (Å²) in [6.07, 6.45) is -0.410. The van der Waals surface area contributed by atoms with E-state index in [1.54, 1.807) is 0 Å². The van der Waals surface area contributed by atoms with Crippen molar-refractivity contribution in [2.45, 2.75) is 62.0 Å². The van der Waals surface area contributed by atoms with E-state index in [2.05, 4.69) is 6.92 Å². The molecular formula is C10H18F3I. The second kappa shape index (κ2) is 6.18. The molecule has 0 aliphatic heterocycles. The third-order valence-electron chi connectivity index (χ3n) is 2.38. The van der Waals surface area contributed by atoms with Crippen molar-refractivity contribution >= 4 is 22.6 Å². The Morgan fingerprint density at radius 1 is 1.07 bits per heavy atom. The molecule has 0 N–H and O–H groups in total. The van der Waals surface area contributed by atoms with Crippen molar-refractivity contribution in [2.75, 3.05) is 0 Å². The number of alkyl halides is 4. The average molecular weight is 322 g/mol. The molecular weight excluding hydrogens is 304 g/mol. The van der Waals surface area contributed by atoms with E-state index in [0.717, 1.165) is 19.3 Å². The maximum absolute atomic E-state index is 12.2. The van der Waals surface area contributed by atoms with Gasteiger partial charge in [-0.2, -0.15) is 13.2 Å². The van der Waals surface area contributed by atoms with Crippen molar-refractivity contribution in [3.63, 3.8) is 0 Å². The van der Waals surface area contributed by atoms with Crippen LogP contribution in [0.5, 0.6) is 0 Å². The van der Waals surface area contributed by atoms with Crippen LogP contribution in [0.4, 0.5) is 13.2 Å². The van der Waals surface area contributed by atoms with E-state index in [-0.39, 0.29) is 0 Å². The van der Waals surface area contributed by atoms with Crippen LogP contribution >= 0.6 is 22.6 Å². The Morgan fingerprint density at radius 3 is 2.00 bits per heavy atom. The van der Waals surface area contributed by atoms with Gasteiger partial charge in [-0.15, -0.1) is 0 Å². The number of hydrogen-bond acceptors (Lipinski definition) is 0. The third kappa shape index (κ3) is 6.90. The number of rotatable bonds is 6. The highest BCUT2D eigenvalue weighted by molar-refractivity contribution is 14.1. The molecule has 86 valence electrons. The molecule has 14 heavy (non-hydrogen) atoms. The molecule has 4 heteroatoms. The van der Waals surface area contributed by atoms with Crippen LogP contribution in [-0.2, 0) is 0 Å². The van der Waals surface area contributed by atoms with Crippen molar-refractivity contribution in [1.82, 2.24) is 0 Å². The van der Waals surface area contributed by atoms with Gasteiger partial charge in [0, 0.05) is 3.42 Å². The summed E-state index contributed by atoms with van der Waals surface area (Å²) >= 11 is 1.98. The molecule has 0 aromatic heterocycles. The lowest BCUT2D eigenvalue weighted by molar-refractivity contribution is -0.140. The minimum atomic E-state index is -4.02. The zero-order valence-electron chi connectivity index (χ0n) is 8.75. The summed E-state index contributed by atoms with van der Waals surface area (Å²) in [7, 11) is 0. The highest BCUT2D eigenvalue weighted by Crippen LogP contribution is 2.40. The van der Waals surface area contributed by atoms with Gasteiger partial charge in [0.15, 0.2) is 0 Å². The Balaban J connectivity index is 4.04. The van der Waals surface area contributed by atoms with Gasteiger partial charge < -0.3 is 0 Å². The van der Waals surface area contributed by atoms with E-state index in [1.807, 2.05) is 29.5 Å². The first-order valence-corrected chi connectivity index (χ1v) is 6.16. The van der Waals surface area contributed by atoms with E-state index in [1.165, 1.54) is 0 Å². The van der Waals surface area contributed by atoms with Crippen LogP contribution in [0.15, 0.2) is 0 Å². The normalized spacial score (nSPS) is 16.7. The fourth-order valence-electron chi connectivity index (χ4n) is 1.44. The molecule has 0 aliphatic carbocycles. The van der Waals surface area contributed by atoms with Gasteiger partial charge in [-0.25, -0.2) is 0 Å². The summed E-state index contributed by atoms with van der Waals surface area (Å²) in [6.45, 7) is 3.90. The van der Waals surface area contributed by atoms with Gasteiger partial charge in [-0.3, -0.25) is 0 Å². The molecule has 0 aliphatic rings. The number of halogens is 4. The lowest BCUT2D eigenvalue weighted by Crippen LogP contribution is -2.27. The maximum atomic E-state index is 12.2. The summed E-state index contributed by atoms with van der Waals surface area (Å²) < 4.78 is 36.1. The highest BCUT2D eigenvalue weighted by atomic mass is 127. The zero-order valence-corrected chi connectivity index (χ0v) is 10.9. The van der Waals surface area contributed by atoms with Crippen molar-refractivity contribution < 1.29 is 13.2 Å². The largest absolute Gasteiger partial charge is 0.390 e. The standard InChI is InChI=1S/C10H18F3I/c1-3-5-6-7-9(14,4-2)8-10(11,12)13/h3-8H2,1-2H3. The Hall–Kier alpha value is 0.520. The van der Waals surface area contributed by atoms with Gasteiger partial charge in [0.25, 0.3) is 0 Å². The lowest BCUT2D eigenvalue weighted by atomic mass is 9.95. The van der Waals surface area contributed by atoms with Crippen LogP contribution in [0.2, 0.25) is 0 Å². The van der Waals surface area contributed by atoms with E-state index in [0.29, 0.717) is 12.8 Å². The Bertz CT molecular complexity index is 156. The van der Waals surface area contributed by atoms with E-state index in [4.69, 9.17) is 0 Å². The molecule has 1 atom stereocenters. The summed E-state index contributed by atoms with van der Waals surface area (Å²) in [5.41, 5.74) is 0. The average Bonchev–Trinajstić information content (AvgIpc) is 2.02. The molecule has 0 bridgehead atoms. The Labute approximate surface area is 97.8 Å². The predicted octanol–water partition coefficient (Wildman–Crippen LogP) is 5.10. The number of unbranched alkanes of at least 4 members (excludes halogenated alkanes) is 2. The fourth-order valence-corrected chi connectivity index (χ4v) is 2.26. The maximum Gasteiger partial charge on any atom is 0.390 e. The molecule has 0 saturated heterocycles. The van der Waals surface area contributed by atoms with Crippen molar-refractivity contribution in [1.29, 1.82) is 0 Å². The Kier molecular flexibility index (Phi) is 6.41. The fraction of sp³-hybridized carbons (Fsp3) is 1.00. The summed E-state index contributed by atoms with van der Waals surface area (Å²) in [5.74, 6) is 0. The first-order chi connectivity index (χ1) is 6.33. The van der Waals surface area contributed by atoms with Crippen molar-refractivity contribution in [2.24, 2.45) is 0 Å². The second-order valence-electron chi connectivity index (χ2n) is 3.75. The smallest absolute Gasteiger partial charge is 0.171 e. The SMILES string of the molecule is CCCCCC(I)(CC)CC(F)(F)F. The number of hydrogen-bond donors (Lipinski definition) is 0. The van der Waals surface area contributed by atoms with E-state index >= 15 is 0 Å². The topological polar surface area (TPSA) is 0 Å². The molecule has 0 aromatic rings. The molecule has 0 nitrogen and oxygen atoms in total. The molecule has 0 fully saturated rings. The lowest BCUT2D eigenvalue weighted by Gasteiger charge is -2.27. The van der Waals surface area contributed by atoms with Gasteiger partial charge in [0.05, 0.1) is 6.42 Å². The van der Waals surface area contributed by atoms with Crippen LogP contribution in [-0.4, -0.2) is 9.60 Å². The van der Waals surface area contributed by atoms with Crippen LogP contribution < -0.4 is 0 Å². The summed E-state index contributed by atoms with van der Waals surface area (Å²) in [6, 6.07) is 0. The van der Waals surface area contributed by atoms with Gasteiger partial charge >= 0.3 is 6.18 Å². The van der Waals surface area contributed by atoms with Gasteiger partial charge in [0.1, 0.15) is 0 Å². The van der Waals surface area contributed by atoms with Crippen molar-refractivity contribution in [3.05, 3.63) is 0 Å². The van der Waals surface area contributed by atoms with Crippen LogP contribution in [0.1, 0.15) is 52.4 Å². The van der Waals surface area contributed by atoms with Gasteiger partial charge in [-0.05, 0) is 12.8 Å². The van der Waals surface area contributed by atoms with Gasteiger partial charge in [-0.1, -0.05) is 55.7 Å². The van der Waals surface area contributed by atoms with Gasteiger partial charge in [0.2, 0.25) is 0 Å². The summed E-state index contributed by atoms with van der Waals surface area (Å²) in [4.78, 5) is 0. The van der Waals surface area contributed by atoms with Crippen LogP contribution in [0.25, 0.3) is 0 Å². The van der Waals surface area contributed by atoms with E-state index in [9.17, 15) is 13.2 Å². The zero-order chi connectivity index (χ0) is 11.2. The highest BCUT2D eigenvalue weighted by Gasteiger charge is 2.39. The molecule has 0 spiro atoms. The monoisotopic (exact) mass is 322 g/mol. The summed E-state index contributed by atoms with van der Waals surface area (Å²) in [5, 5.41) is 0. The molecule has 0 rings (SSSR count).